The van der Waals surface area contributed by atoms with Crippen molar-refractivity contribution < 1.29 is 8.42 Å². The molecule has 2 atom stereocenters. The Morgan fingerprint density at radius 1 is 0.947 bits per heavy atom. The second kappa shape index (κ2) is 5.70. The van der Waals surface area contributed by atoms with Crippen LogP contribution >= 0.6 is 0 Å². The van der Waals surface area contributed by atoms with Crippen LogP contribution in [0.1, 0.15) is 44.9 Å². The summed E-state index contributed by atoms with van der Waals surface area (Å²) in [4.78, 5) is 2.65. The summed E-state index contributed by atoms with van der Waals surface area (Å²) < 4.78 is 23.2. The number of likely N-dealkylation sites (tertiary alicyclic amines) is 1. The molecule has 0 amide bonds. The van der Waals surface area contributed by atoms with E-state index in [1.807, 2.05) is 0 Å². The van der Waals surface area contributed by atoms with Gasteiger partial charge in [0.2, 0.25) is 0 Å². The lowest BCUT2D eigenvalue weighted by atomic mass is 9.91. The molecule has 3 rings (SSSR count). The van der Waals surface area contributed by atoms with Gasteiger partial charge in [-0.3, -0.25) is 4.90 Å². The maximum atomic E-state index is 11.6. The summed E-state index contributed by atoms with van der Waals surface area (Å²) in [6.07, 6.45) is 8.22. The van der Waals surface area contributed by atoms with Crippen molar-refractivity contribution >= 4 is 9.84 Å². The summed E-state index contributed by atoms with van der Waals surface area (Å²) in [5.74, 6) is 0.804. The zero-order valence-electron chi connectivity index (χ0n) is 11.7. The first-order chi connectivity index (χ1) is 9.16. The minimum Gasteiger partial charge on any atom is -0.312 e. The summed E-state index contributed by atoms with van der Waals surface area (Å²) in [7, 11) is -2.73. The molecule has 1 N–H and O–H groups in total. The van der Waals surface area contributed by atoms with Crippen LogP contribution in [0.25, 0.3) is 0 Å². The van der Waals surface area contributed by atoms with Crippen molar-refractivity contribution in [1.82, 2.24) is 10.2 Å². The smallest absolute Gasteiger partial charge is 0.150 e. The van der Waals surface area contributed by atoms with E-state index < -0.39 is 9.84 Å². The van der Waals surface area contributed by atoms with Gasteiger partial charge in [-0.15, -0.1) is 0 Å². The normalized spacial score (nSPS) is 37.5. The highest BCUT2D eigenvalue weighted by molar-refractivity contribution is 7.91. The Morgan fingerprint density at radius 3 is 2.42 bits per heavy atom. The Hall–Kier alpha value is -0.130. The number of rotatable bonds is 2. The predicted molar refractivity (Wildman–Crippen MR) is 77.0 cm³/mol. The summed E-state index contributed by atoms with van der Waals surface area (Å²) in [5, 5.41) is 3.65. The molecule has 3 aliphatic heterocycles. The van der Waals surface area contributed by atoms with E-state index in [4.69, 9.17) is 0 Å². The van der Waals surface area contributed by atoms with E-state index in [0.717, 1.165) is 19.4 Å². The molecule has 2 unspecified atom stereocenters. The molecule has 0 radical (unpaired) electrons. The van der Waals surface area contributed by atoms with Crippen molar-refractivity contribution in [1.29, 1.82) is 0 Å². The monoisotopic (exact) mass is 286 g/mol. The lowest BCUT2D eigenvalue weighted by molar-refractivity contribution is 0.0678. The summed E-state index contributed by atoms with van der Waals surface area (Å²) in [5.41, 5.74) is 0. The van der Waals surface area contributed by atoms with Crippen LogP contribution in [0.15, 0.2) is 0 Å². The topological polar surface area (TPSA) is 49.4 Å². The first-order valence-corrected chi connectivity index (χ1v) is 9.67. The highest BCUT2D eigenvalue weighted by Crippen LogP contribution is 2.29. The Kier molecular flexibility index (Phi) is 4.15. The highest BCUT2D eigenvalue weighted by Gasteiger charge is 2.37. The minimum atomic E-state index is -2.73. The maximum Gasteiger partial charge on any atom is 0.150 e. The second-order valence-electron chi connectivity index (χ2n) is 6.39. The fourth-order valence-corrected chi connectivity index (χ4v) is 5.58. The van der Waals surface area contributed by atoms with Crippen LogP contribution in [-0.2, 0) is 9.84 Å². The first kappa shape index (κ1) is 13.8. The van der Waals surface area contributed by atoms with Crippen molar-refractivity contribution in [3.8, 4) is 0 Å². The van der Waals surface area contributed by atoms with Crippen LogP contribution in [0, 0.1) is 0 Å². The van der Waals surface area contributed by atoms with Gasteiger partial charge in [0.15, 0.2) is 0 Å². The maximum absolute atomic E-state index is 11.6. The van der Waals surface area contributed by atoms with Crippen LogP contribution in [0.4, 0.5) is 0 Å². The Bertz CT molecular complexity index is 390. The molecule has 0 spiro atoms. The van der Waals surface area contributed by atoms with E-state index in [-0.39, 0.29) is 0 Å². The number of hydrogen-bond donors (Lipinski definition) is 1. The molecule has 0 aromatic heterocycles. The van der Waals surface area contributed by atoms with E-state index in [1.165, 1.54) is 38.6 Å². The fraction of sp³-hybridized carbons (Fsp3) is 1.00. The molecule has 3 heterocycles. The van der Waals surface area contributed by atoms with Gasteiger partial charge in [0, 0.05) is 18.1 Å². The van der Waals surface area contributed by atoms with Gasteiger partial charge in [0.1, 0.15) is 9.84 Å². The average molecular weight is 286 g/mol. The lowest BCUT2D eigenvalue weighted by Gasteiger charge is -2.45. The molecule has 0 bridgehead atoms. The van der Waals surface area contributed by atoms with E-state index in [2.05, 4.69) is 10.2 Å². The van der Waals surface area contributed by atoms with Crippen molar-refractivity contribution in [3.63, 3.8) is 0 Å². The lowest BCUT2D eigenvalue weighted by Crippen LogP contribution is -2.55. The van der Waals surface area contributed by atoms with Gasteiger partial charge in [-0.1, -0.05) is 6.42 Å². The third kappa shape index (κ3) is 3.14. The summed E-state index contributed by atoms with van der Waals surface area (Å²) >= 11 is 0. The SMILES string of the molecule is O=S1(=O)CCC(N2CCCCC2C2CCCN2)CC1. The quantitative estimate of drug-likeness (QED) is 0.828. The van der Waals surface area contributed by atoms with Crippen LogP contribution in [-0.4, -0.2) is 56.0 Å². The molecule has 0 aliphatic carbocycles. The molecule has 5 heteroatoms. The van der Waals surface area contributed by atoms with Gasteiger partial charge in [-0.2, -0.15) is 0 Å². The third-order valence-electron chi connectivity index (χ3n) is 5.15. The Morgan fingerprint density at radius 2 is 1.74 bits per heavy atom. The molecule has 0 aromatic carbocycles. The molecule has 3 saturated heterocycles. The molecule has 4 nitrogen and oxygen atoms in total. The van der Waals surface area contributed by atoms with E-state index in [1.54, 1.807) is 0 Å². The standard InChI is InChI=1S/C14H26N2O2S/c17-19(18)10-6-12(7-11-19)16-9-2-1-5-14(16)13-4-3-8-15-13/h12-15H,1-11H2. The van der Waals surface area contributed by atoms with Crippen molar-refractivity contribution in [3.05, 3.63) is 0 Å². The largest absolute Gasteiger partial charge is 0.312 e. The minimum absolute atomic E-state index is 0.402. The highest BCUT2D eigenvalue weighted by atomic mass is 32.2. The van der Waals surface area contributed by atoms with Crippen LogP contribution in [0.2, 0.25) is 0 Å². The molecule has 3 aliphatic rings. The van der Waals surface area contributed by atoms with Crippen LogP contribution < -0.4 is 5.32 Å². The molecule has 3 fully saturated rings. The van der Waals surface area contributed by atoms with E-state index >= 15 is 0 Å². The second-order valence-corrected chi connectivity index (χ2v) is 8.69. The van der Waals surface area contributed by atoms with Gasteiger partial charge < -0.3 is 5.32 Å². The van der Waals surface area contributed by atoms with Crippen molar-refractivity contribution in [2.24, 2.45) is 0 Å². The van der Waals surface area contributed by atoms with Gasteiger partial charge in [0.25, 0.3) is 0 Å². The Balaban J connectivity index is 1.66. The molecular weight excluding hydrogens is 260 g/mol. The first-order valence-electron chi connectivity index (χ1n) is 7.85. The van der Waals surface area contributed by atoms with Crippen LogP contribution in [0.3, 0.4) is 0 Å². The van der Waals surface area contributed by atoms with Gasteiger partial charge in [-0.25, -0.2) is 8.42 Å². The summed E-state index contributed by atoms with van der Waals surface area (Å²) in [6, 6.07) is 1.82. The van der Waals surface area contributed by atoms with Gasteiger partial charge in [0.05, 0.1) is 11.5 Å². The molecule has 19 heavy (non-hydrogen) atoms. The number of sulfone groups is 1. The molecular formula is C14H26N2O2S. The average Bonchev–Trinajstić information content (AvgIpc) is 2.93. The Labute approximate surface area is 116 Å². The number of hydrogen-bond acceptors (Lipinski definition) is 4. The predicted octanol–water partition coefficient (Wildman–Crippen LogP) is 1.17. The van der Waals surface area contributed by atoms with Crippen molar-refractivity contribution in [2.75, 3.05) is 24.6 Å². The number of nitrogens with zero attached hydrogens (tertiary/aromatic N) is 1. The summed E-state index contributed by atoms with van der Waals surface area (Å²) in [6.45, 7) is 2.33. The third-order valence-corrected chi connectivity index (χ3v) is 6.86. The van der Waals surface area contributed by atoms with Gasteiger partial charge >= 0.3 is 0 Å². The zero-order chi connectivity index (χ0) is 13.3. The number of piperidine rings is 1. The van der Waals surface area contributed by atoms with Crippen molar-refractivity contribution in [2.45, 2.75) is 63.1 Å². The molecule has 110 valence electrons. The van der Waals surface area contributed by atoms with E-state index in [0.29, 0.717) is 29.6 Å². The number of nitrogens with one attached hydrogen (secondary N) is 1. The van der Waals surface area contributed by atoms with Crippen LogP contribution in [0.5, 0.6) is 0 Å². The molecule has 0 aromatic rings. The zero-order valence-corrected chi connectivity index (χ0v) is 12.5. The van der Waals surface area contributed by atoms with Gasteiger partial charge in [-0.05, 0) is 51.6 Å². The van der Waals surface area contributed by atoms with E-state index in [9.17, 15) is 8.42 Å². The molecule has 0 saturated carbocycles. The fourth-order valence-electron chi connectivity index (χ4n) is 4.11.